The summed E-state index contributed by atoms with van der Waals surface area (Å²) >= 11 is 1.52. The van der Waals surface area contributed by atoms with Gasteiger partial charge in [0.2, 0.25) is 17.7 Å². The first-order chi connectivity index (χ1) is 17.2. The monoisotopic (exact) mass is 514 g/mol. The molecule has 0 saturated heterocycles. The highest BCUT2D eigenvalue weighted by Gasteiger charge is 2.29. The third-order valence-corrected chi connectivity index (χ3v) is 6.17. The molecule has 0 aliphatic heterocycles. The fourth-order valence-electron chi connectivity index (χ4n) is 3.45. The molecule has 0 saturated carbocycles. The number of aliphatic carboxylic acids is 1. The van der Waals surface area contributed by atoms with Gasteiger partial charge < -0.3 is 26.8 Å². The van der Waals surface area contributed by atoms with E-state index < -0.39 is 47.9 Å². The third kappa shape index (κ3) is 9.71. The highest BCUT2D eigenvalue weighted by Crippen LogP contribution is 2.08. The average Bonchev–Trinajstić information content (AvgIpc) is 2.86. The van der Waals surface area contributed by atoms with Crippen molar-refractivity contribution >= 4 is 35.5 Å². The van der Waals surface area contributed by atoms with Gasteiger partial charge in [0.1, 0.15) is 18.1 Å². The summed E-state index contributed by atoms with van der Waals surface area (Å²) in [4.78, 5) is 50.1. The molecule has 194 valence electrons. The first kappa shape index (κ1) is 28.9. The number of amides is 3. The van der Waals surface area contributed by atoms with Crippen LogP contribution in [0.4, 0.5) is 0 Å². The Kier molecular flexibility index (Phi) is 11.9. The molecule has 9 nitrogen and oxygen atoms in total. The van der Waals surface area contributed by atoms with Gasteiger partial charge in [0, 0.05) is 6.42 Å². The molecule has 4 unspecified atom stereocenters. The molecule has 10 heteroatoms. The number of carboxylic acids is 1. The van der Waals surface area contributed by atoms with Crippen molar-refractivity contribution in [1.29, 1.82) is 0 Å². The van der Waals surface area contributed by atoms with E-state index in [4.69, 9.17) is 10.8 Å². The number of nitrogens with one attached hydrogen (secondary N) is 3. The summed E-state index contributed by atoms with van der Waals surface area (Å²) in [5, 5.41) is 17.0. The topological polar surface area (TPSA) is 151 Å². The number of hydrogen-bond acceptors (Lipinski definition) is 6. The van der Waals surface area contributed by atoms with Crippen LogP contribution in [0, 0.1) is 0 Å². The normalized spacial score (nSPS) is 14.1. The molecule has 0 fully saturated rings. The van der Waals surface area contributed by atoms with E-state index in [1.165, 1.54) is 18.7 Å². The van der Waals surface area contributed by atoms with Crippen LogP contribution in [0.25, 0.3) is 0 Å². The number of benzene rings is 2. The lowest BCUT2D eigenvalue weighted by molar-refractivity contribution is -0.141. The average molecular weight is 515 g/mol. The fourth-order valence-corrected chi connectivity index (χ4v) is 3.92. The second-order valence-electron chi connectivity index (χ2n) is 8.46. The van der Waals surface area contributed by atoms with Gasteiger partial charge in [-0.3, -0.25) is 19.2 Å². The van der Waals surface area contributed by atoms with E-state index in [1.54, 1.807) is 0 Å². The second kappa shape index (κ2) is 14.9. The van der Waals surface area contributed by atoms with Gasteiger partial charge in [0.25, 0.3) is 0 Å². The summed E-state index contributed by atoms with van der Waals surface area (Å²) in [6.07, 6.45) is 2.69. The fraction of sp³-hybridized carbons (Fsp3) is 0.385. The van der Waals surface area contributed by atoms with Gasteiger partial charge in [-0.05, 0) is 42.9 Å². The largest absolute Gasteiger partial charge is 0.480 e. The molecule has 4 atom stereocenters. The molecule has 0 aromatic heterocycles. The number of carboxylic acid groups (broad SMARTS) is 1. The molecule has 36 heavy (non-hydrogen) atoms. The minimum Gasteiger partial charge on any atom is -0.480 e. The van der Waals surface area contributed by atoms with Crippen molar-refractivity contribution in [3.8, 4) is 0 Å². The minimum atomic E-state index is -1.19. The van der Waals surface area contributed by atoms with E-state index in [2.05, 4.69) is 16.0 Å². The number of nitrogens with two attached hydrogens (primary N) is 1. The summed E-state index contributed by atoms with van der Waals surface area (Å²) in [6.45, 7) is 1.34. The molecule has 0 heterocycles. The highest BCUT2D eigenvalue weighted by molar-refractivity contribution is 7.98. The zero-order valence-corrected chi connectivity index (χ0v) is 21.3. The van der Waals surface area contributed by atoms with Gasteiger partial charge >= 0.3 is 5.97 Å². The van der Waals surface area contributed by atoms with E-state index in [-0.39, 0.29) is 6.42 Å². The van der Waals surface area contributed by atoms with Crippen molar-refractivity contribution in [2.45, 2.75) is 50.4 Å². The third-order valence-electron chi connectivity index (χ3n) is 5.52. The number of rotatable bonds is 14. The van der Waals surface area contributed by atoms with Crippen molar-refractivity contribution in [2.75, 3.05) is 12.0 Å². The van der Waals surface area contributed by atoms with Crippen LogP contribution >= 0.6 is 11.8 Å². The smallest absolute Gasteiger partial charge is 0.325 e. The number of carbonyl (C=O) groups excluding carboxylic acids is 3. The van der Waals surface area contributed by atoms with E-state index in [9.17, 15) is 19.2 Å². The first-order valence-electron chi connectivity index (χ1n) is 11.7. The van der Waals surface area contributed by atoms with Crippen LogP contribution in [0.1, 0.15) is 24.5 Å². The van der Waals surface area contributed by atoms with Gasteiger partial charge in [-0.15, -0.1) is 0 Å². The summed E-state index contributed by atoms with van der Waals surface area (Å²) in [5.41, 5.74) is 7.78. The lowest BCUT2D eigenvalue weighted by Gasteiger charge is -2.25. The van der Waals surface area contributed by atoms with Gasteiger partial charge in [-0.2, -0.15) is 11.8 Å². The van der Waals surface area contributed by atoms with E-state index in [1.807, 2.05) is 66.9 Å². The first-order valence-corrected chi connectivity index (χ1v) is 13.1. The predicted molar refractivity (Wildman–Crippen MR) is 140 cm³/mol. The molecule has 6 N–H and O–H groups in total. The molecule has 3 amide bonds. The summed E-state index contributed by atoms with van der Waals surface area (Å²) < 4.78 is 0. The Hall–Kier alpha value is -3.37. The zero-order valence-electron chi connectivity index (χ0n) is 20.5. The lowest BCUT2D eigenvalue weighted by Crippen LogP contribution is -2.57. The molecule has 0 spiro atoms. The molecule has 0 bridgehead atoms. The maximum Gasteiger partial charge on any atom is 0.325 e. The standard InChI is InChI=1S/C26H34N4O5S/c1-17(26(34)35)28-25(33)22(16-19-11-7-4-8-12-19)30-24(32)21(13-14-36-2)29-23(31)20(27)15-18-9-5-3-6-10-18/h3-12,17,20-22H,13-16,27H2,1-2H3,(H,28,33)(H,29,31)(H,30,32)(H,34,35). The van der Waals surface area contributed by atoms with Crippen molar-refractivity contribution in [3.63, 3.8) is 0 Å². The lowest BCUT2D eigenvalue weighted by atomic mass is 10.0. The Labute approximate surface area is 215 Å². The highest BCUT2D eigenvalue weighted by atomic mass is 32.2. The molecule has 0 radical (unpaired) electrons. The molecule has 0 aliphatic rings. The van der Waals surface area contributed by atoms with Crippen LogP contribution in [0.15, 0.2) is 60.7 Å². The number of thioether (sulfide) groups is 1. The Morgan fingerprint density at radius 2 is 1.31 bits per heavy atom. The van der Waals surface area contributed by atoms with Crippen LogP contribution < -0.4 is 21.7 Å². The Morgan fingerprint density at radius 3 is 1.83 bits per heavy atom. The summed E-state index contributed by atoms with van der Waals surface area (Å²) in [7, 11) is 0. The number of hydrogen-bond donors (Lipinski definition) is 5. The number of carbonyl (C=O) groups is 4. The minimum absolute atomic E-state index is 0.154. The maximum atomic E-state index is 13.2. The Balaban J connectivity index is 2.13. The van der Waals surface area contributed by atoms with Crippen LogP contribution in [-0.2, 0) is 32.0 Å². The SMILES string of the molecule is CSCCC(NC(=O)C(N)Cc1ccccc1)C(=O)NC(Cc1ccccc1)C(=O)NC(C)C(=O)O. The van der Waals surface area contributed by atoms with Crippen molar-refractivity contribution < 1.29 is 24.3 Å². The van der Waals surface area contributed by atoms with Gasteiger partial charge in [0.05, 0.1) is 6.04 Å². The zero-order chi connectivity index (χ0) is 26.5. The van der Waals surface area contributed by atoms with Crippen LogP contribution in [0.2, 0.25) is 0 Å². The predicted octanol–water partition coefficient (Wildman–Crippen LogP) is 1.11. The van der Waals surface area contributed by atoms with E-state index in [0.29, 0.717) is 18.6 Å². The van der Waals surface area contributed by atoms with Gasteiger partial charge in [-0.25, -0.2) is 0 Å². The van der Waals surface area contributed by atoms with Crippen molar-refractivity contribution in [2.24, 2.45) is 5.73 Å². The summed E-state index contributed by atoms with van der Waals surface area (Å²) in [6, 6.07) is 14.5. The van der Waals surface area contributed by atoms with Crippen molar-refractivity contribution in [3.05, 3.63) is 71.8 Å². The van der Waals surface area contributed by atoms with E-state index >= 15 is 0 Å². The van der Waals surface area contributed by atoms with Crippen LogP contribution in [0.5, 0.6) is 0 Å². The van der Waals surface area contributed by atoms with Crippen LogP contribution in [-0.4, -0.2) is 65.0 Å². The van der Waals surface area contributed by atoms with E-state index in [0.717, 1.165) is 11.1 Å². The maximum absolute atomic E-state index is 13.2. The molecule has 2 aromatic carbocycles. The second-order valence-corrected chi connectivity index (χ2v) is 9.44. The van der Waals surface area contributed by atoms with Crippen molar-refractivity contribution in [1.82, 2.24) is 16.0 Å². The molecule has 2 rings (SSSR count). The quantitative estimate of drug-likeness (QED) is 0.253. The Morgan fingerprint density at radius 1 is 0.806 bits per heavy atom. The molecule has 0 aliphatic carbocycles. The Bertz CT molecular complexity index is 1010. The summed E-state index contributed by atoms with van der Waals surface area (Å²) in [5.74, 6) is -2.23. The molecule has 2 aromatic rings. The van der Waals surface area contributed by atoms with Crippen LogP contribution in [0.3, 0.4) is 0 Å². The van der Waals surface area contributed by atoms with Gasteiger partial charge in [0.15, 0.2) is 0 Å². The van der Waals surface area contributed by atoms with Gasteiger partial charge in [-0.1, -0.05) is 60.7 Å². The molecular weight excluding hydrogens is 480 g/mol. The molecular formula is C26H34N4O5S.